The normalized spacial score (nSPS) is 17.3. The number of non-ortho nitro benzene ring substituents is 1. The molecule has 0 radical (unpaired) electrons. The van der Waals surface area contributed by atoms with E-state index >= 15 is 0 Å². The highest BCUT2D eigenvalue weighted by Crippen LogP contribution is 2.40. The standard InChI is InChI=1S/C25H27N3O6/c1-4-16-34-20-12-8-18(9-13-20)23(29)21-22(17-6-10-19(11-7-17)28(32)33)27(25(31)24(21)30)15-5-14-26(2)3/h4,6-13,22,29H,1,5,14-16H2,2-3H3. The van der Waals surface area contributed by atoms with Gasteiger partial charge in [-0.3, -0.25) is 19.7 Å². The number of likely N-dealkylation sites (tertiary alicyclic amines) is 1. The summed E-state index contributed by atoms with van der Waals surface area (Å²) in [6, 6.07) is 11.3. The zero-order chi connectivity index (χ0) is 24.8. The summed E-state index contributed by atoms with van der Waals surface area (Å²) in [4.78, 5) is 39.9. The van der Waals surface area contributed by atoms with Crippen LogP contribution in [0.3, 0.4) is 0 Å². The Morgan fingerprint density at radius 1 is 1.18 bits per heavy atom. The Morgan fingerprint density at radius 3 is 2.38 bits per heavy atom. The molecule has 34 heavy (non-hydrogen) atoms. The summed E-state index contributed by atoms with van der Waals surface area (Å²) >= 11 is 0. The number of nitro benzene ring substituents is 1. The number of amides is 1. The molecule has 0 aromatic heterocycles. The fourth-order valence-electron chi connectivity index (χ4n) is 3.81. The molecule has 0 saturated carbocycles. The van der Waals surface area contributed by atoms with E-state index in [0.29, 0.717) is 36.4 Å². The first-order chi connectivity index (χ1) is 16.2. The number of aliphatic hydroxyl groups is 1. The smallest absolute Gasteiger partial charge is 0.295 e. The molecule has 1 aliphatic heterocycles. The topological polar surface area (TPSA) is 113 Å². The third-order valence-corrected chi connectivity index (χ3v) is 5.46. The Morgan fingerprint density at radius 2 is 1.82 bits per heavy atom. The zero-order valence-corrected chi connectivity index (χ0v) is 19.1. The van der Waals surface area contributed by atoms with Crippen LogP contribution < -0.4 is 4.74 Å². The molecule has 1 atom stereocenters. The summed E-state index contributed by atoms with van der Waals surface area (Å²) < 4.78 is 5.45. The van der Waals surface area contributed by atoms with Crippen LogP contribution in [0.2, 0.25) is 0 Å². The number of carbonyl (C=O) groups is 2. The lowest BCUT2D eigenvalue weighted by Crippen LogP contribution is -2.32. The van der Waals surface area contributed by atoms with Crippen LogP contribution in [0.4, 0.5) is 5.69 Å². The SMILES string of the molecule is C=CCOc1ccc(C(O)=C2C(=O)C(=O)N(CCCN(C)C)C2c2ccc([N+](=O)[O-])cc2)cc1. The van der Waals surface area contributed by atoms with Crippen molar-refractivity contribution in [2.45, 2.75) is 12.5 Å². The van der Waals surface area contributed by atoms with Gasteiger partial charge in [0.1, 0.15) is 18.1 Å². The third kappa shape index (κ3) is 5.32. The average Bonchev–Trinajstić information content (AvgIpc) is 3.07. The van der Waals surface area contributed by atoms with Crippen LogP contribution in [-0.2, 0) is 9.59 Å². The summed E-state index contributed by atoms with van der Waals surface area (Å²) in [6.07, 6.45) is 2.22. The molecule has 1 unspecified atom stereocenters. The number of hydrogen-bond donors (Lipinski definition) is 1. The number of carbonyl (C=O) groups excluding carboxylic acids is 2. The number of nitro groups is 1. The van der Waals surface area contributed by atoms with Crippen LogP contribution in [0.25, 0.3) is 5.76 Å². The molecule has 2 aromatic rings. The van der Waals surface area contributed by atoms with Crippen LogP contribution in [0.5, 0.6) is 5.75 Å². The van der Waals surface area contributed by atoms with Crippen molar-refractivity contribution in [3.63, 3.8) is 0 Å². The molecule has 1 saturated heterocycles. The lowest BCUT2D eigenvalue weighted by molar-refractivity contribution is -0.384. The zero-order valence-electron chi connectivity index (χ0n) is 19.1. The molecular formula is C25H27N3O6. The van der Waals surface area contributed by atoms with E-state index in [1.54, 1.807) is 30.3 Å². The highest BCUT2D eigenvalue weighted by Gasteiger charge is 2.45. The lowest BCUT2D eigenvalue weighted by Gasteiger charge is -2.26. The van der Waals surface area contributed by atoms with Gasteiger partial charge in [-0.1, -0.05) is 12.7 Å². The first-order valence-corrected chi connectivity index (χ1v) is 10.8. The van der Waals surface area contributed by atoms with Crippen molar-refractivity contribution in [3.8, 4) is 5.75 Å². The van der Waals surface area contributed by atoms with Crippen LogP contribution in [0, 0.1) is 10.1 Å². The van der Waals surface area contributed by atoms with Crippen LogP contribution in [0.15, 0.2) is 66.8 Å². The van der Waals surface area contributed by atoms with Crippen molar-refractivity contribution in [3.05, 3.63) is 88.0 Å². The highest BCUT2D eigenvalue weighted by molar-refractivity contribution is 6.46. The molecule has 0 bridgehead atoms. The van der Waals surface area contributed by atoms with Gasteiger partial charge in [0.05, 0.1) is 16.5 Å². The van der Waals surface area contributed by atoms with E-state index in [4.69, 9.17) is 4.74 Å². The van der Waals surface area contributed by atoms with Crippen molar-refractivity contribution in [2.24, 2.45) is 0 Å². The fraction of sp³-hybridized carbons (Fsp3) is 0.280. The van der Waals surface area contributed by atoms with E-state index in [9.17, 15) is 24.8 Å². The maximum Gasteiger partial charge on any atom is 0.295 e. The molecule has 0 aliphatic carbocycles. The van der Waals surface area contributed by atoms with Gasteiger partial charge >= 0.3 is 0 Å². The van der Waals surface area contributed by atoms with Gasteiger partial charge in [-0.15, -0.1) is 0 Å². The van der Waals surface area contributed by atoms with Gasteiger partial charge in [0.25, 0.3) is 17.4 Å². The summed E-state index contributed by atoms with van der Waals surface area (Å²) in [7, 11) is 3.81. The molecule has 9 nitrogen and oxygen atoms in total. The Hall–Kier alpha value is -3.98. The first kappa shape index (κ1) is 24.7. The Kier molecular flexibility index (Phi) is 7.80. The predicted molar refractivity (Wildman–Crippen MR) is 127 cm³/mol. The van der Waals surface area contributed by atoms with E-state index in [0.717, 1.165) is 0 Å². The molecule has 1 heterocycles. The number of Topliss-reactive ketones (excluding diaryl/α,β-unsaturated/α-hetero) is 1. The number of ketones is 1. The number of aliphatic hydroxyl groups excluding tert-OH is 1. The second-order valence-corrected chi connectivity index (χ2v) is 8.12. The minimum Gasteiger partial charge on any atom is -0.507 e. The third-order valence-electron chi connectivity index (χ3n) is 5.46. The number of ether oxygens (including phenoxy) is 1. The van der Waals surface area contributed by atoms with Gasteiger partial charge in [-0.25, -0.2) is 0 Å². The number of nitrogens with zero attached hydrogens (tertiary/aromatic N) is 3. The van der Waals surface area contributed by atoms with Crippen LogP contribution in [-0.4, -0.2) is 65.3 Å². The second-order valence-electron chi connectivity index (χ2n) is 8.12. The van der Waals surface area contributed by atoms with Crippen molar-refractivity contribution in [1.82, 2.24) is 9.80 Å². The van der Waals surface area contributed by atoms with Crippen LogP contribution >= 0.6 is 0 Å². The average molecular weight is 466 g/mol. The van der Waals surface area contributed by atoms with E-state index in [2.05, 4.69) is 6.58 Å². The van der Waals surface area contributed by atoms with E-state index in [-0.39, 0.29) is 23.6 Å². The first-order valence-electron chi connectivity index (χ1n) is 10.8. The van der Waals surface area contributed by atoms with E-state index in [1.807, 2.05) is 19.0 Å². The van der Waals surface area contributed by atoms with Gasteiger partial charge in [0, 0.05) is 24.2 Å². The molecule has 3 rings (SSSR count). The lowest BCUT2D eigenvalue weighted by atomic mass is 9.95. The quantitative estimate of drug-likeness (QED) is 0.143. The Balaban J connectivity index is 2.04. The van der Waals surface area contributed by atoms with Crippen molar-refractivity contribution in [2.75, 3.05) is 33.8 Å². The number of rotatable bonds is 10. The van der Waals surface area contributed by atoms with E-state index in [1.165, 1.54) is 29.2 Å². The summed E-state index contributed by atoms with van der Waals surface area (Å²) in [5.41, 5.74) is 0.693. The number of hydrogen-bond acceptors (Lipinski definition) is 7. The summed E-state index contributed by atoms with van der Waals surface area (Å²) in [5, 5.41) is 22.2. The molecule has 1 amide bonds. The monoisotopic (exact) mass is 465 g/mol. The largest absolute Gasteiger partial charge is 0.507 e. The minimum absolute atomic E-state index is 0.0523. The summed E-state index contributed by atoms with van der Waals surface area (Å²) in [6.45, 7) is 4.90. The highest BCUT2D eigenvalue weighted by atomic mass is 16.6. The van der Waals surface area contributed by atoms with Crippen molar-refractivity contribution in [1.29, 1.82) is 0 Å². The summed E-state index contributed by atoms with van der Waals surface area (Å²) in [5.74, 6) is -1.26. The Labute approximate surface area is 197 Å². The predicted octanol–water partition coefficient (Wildman–Crippen LogP) is 3.53. The molecule has 1 aliphatic rings. The Bertz CT molecular complexity index is 1110. The van der Waals surface area contributed by atoms with Gasteiger partial charge in [-0.2, -0.15) is 0 Å². The van der Waals surface area contributed by atoms with E-state index < -0.39 is 22.7 Å². The van der Waals surface area contributed by atoms with Gasteiger partial charge in [0.15, 0.2) is 0 Å². The molecule has 178 valence electrons. The molecular weight excluding hydrogens is 438 g/mol. The molecule has 9 heteroatoms. The molecule has 1 fully saturated rings. The maximum atomic E-state index is 13.0. The molecule has 0 spiro atoms. The maximum absolute atomic E-state index is 13.0. The number of benzene rings is 2. The van der Waals surface area contributed by atoms with Gasteiger partial charge in [0.2, 0.25) is 0 Å². The van der Waals surface area contributed by atoms with Gasteiger partial charge in [-0.05, 0) is 69.0 Å². The second kappa shape index (κ2) is 10.8. The minimum atomic E-state index is -0.861. The van der Waals surface area contributed by atoms with Crippen molar-refractivity contribution < 1.29 is 24.4 Å². The van der Waals surface area contributed by atoms with Crippen molar-refractivity contribution >= 4 is 23.1 Å². The van der Waals surface area contributed by atoms with Gasteiger partial charge < -0.3 is 19.6 Å². The molecule has 1 N–H and O–H groups in total. The fourth-order valence-corrected chi connectivity index (χ4v) is 3.81. The molecule has 2 aromatic carbocycles. The van der Waals surface area contributed by atoms with Crippen LogP contribution in [0.1, 0.15) is 23.6 Å².